The Bertz CT molecular complexity index is 1050. The first kappa shape index (κ1) is 19.1. The molecule has 7 nitrogen and oxygen atoms in total. The lowest BCUT2D eigenvalue weighted by molar-refractivity contribution is -0.142. The van der Waals surface area contributed by atoms with Crippen LogP contribution in [0, 0.1) is 6.92 Å². The van der Waals surface area contributed by atoms with Crippen LogP contribution in [0.4, 0.5) is 25.0 Å². The molecule has 0 saturated heterocycles. The summed E-state index contributed by atoms with van der Waals surface area (Å²) < 4.78 is 50.1. The van der Waals surface area contributed by atoms with Gasteiger partial charge >= 0.3 is 6.18 Å². The molecule has 0 aliphatic carbocycles. The predicted octanol–water partition coefficient (Wildman–Crippen LogP) is 4.93. The van der Waals surface area contributed by atoms with Crippen LogP contribution >= 0.6 is 23.2 Å². The van der Waals surface area contributed by atoms with Gasteiger partial charge in [-0.1, -0.05) is 28.4 Å². The lowest BCUT2D eigenvalue weighted by Gasteiger charge is -2.13. The highest BCUT2D eigenvalue weighted by atomic mass is 35.5. The van der Waals surface area contributed by atoms with E-state index in [0.717, 1.165) is 0 Å². The summed E-state index contributed by atoms with van der Waals surface area (Å²) in [5, 5.41) is 6.19. The number of aryl methyl sites for hydroxylation is 1. The Morgan fingerprint density at radius 2 is 1.96 bits per heavy atom. The average Bonchev–Trinajstić information content (AvgIpc) is 2.97. The number of aromatic amines is 1. The van der Waals surface area contributed by atoms with E-state index in [1.54, 1.807) is 6.92 Å². The van der Waals surface area contributed by atoms with Gasteiger partial charge in [-0.25, -0.2) is 4.98 Å². The van der Waals surface area contributed by atoms with Gasteiger partial charge in [-0.2, -0.15) is 13.2 Å². The monoisotopic (exact) mass is 420 g/mol. The summed E-state index contributed by atoms with van der Waals surface area (Å²) >= 11 is 11.6. The Labute approximate surface area is 159 Å². The van der Waals surface area contributed by atoms with E-state index >= 15 is 0 Å². The van der Waals surface area contributed by atoms with E-state index in [0.29, 0.717) is 5.69 Å². The van der Waals surface area contributed by atoms with Crippen molar-refractivity contribution >= 4 is 35.0 Å². The average molecular weight is 421 g/mol. The molecular formula is C15H9Cl2F3N4O3. The number of hydrogen-bond acceptors (Lipinski definition) is 6. The number of ether oxygens (including phenoxy) is 1. The number of benzene rings is 1. The van der Waals surface area contributed by atoms with Crippen LogP contribution < -0.4 is 15.6 Å². The third-order valence-corrected chi connectivity index (χ3v) is 3.86. The summed E-state index contributed by atoms with van der Waals surface area (Å²) in [5.41, 5.74) is -2.21. The van der Waals surface area contributed by atoms with Crippen LogP contribution in [0.3, 0.4) is 0 Å². The first-order valence-corrected chi connectivity index (χ1v) is 7.94. The van der Waals surface area contributed by atoms with Gasteiger partial charge in [0.05, 0.1) is 15.7 Å². The molecule has 3 aromatic rings. The Hall–Kier alpha value is -2.72. The van der Waals surface area contributed by atoms with Gasteiger partial charge in [0.1, 0.15) is 5.75 Å². The molecule has 0 aliphatic heterocycles. The van der Waals surface area contributed by atoms with Gasteiger partial charge in [0.2, 0.25) is 17.6 Å². The van der Waals surface area contributed by atoms with Crippen LogP contribution in [0.1, 0.15) is 11.4 Å². The van der Waals surface area contributed by atoms with Crippen molar-refractivity contribution in [3.63, 3.8) is 0 Å². The number of nitrogens with one attached hydrogen (secondary N) is 2. The minimum absolute atomic E-state index is 0.00178. The fourth-order valence-corrected chi connectivity index (χ4v) is 2.29. The highest BCUT2D eigenvalue weighted by Crippen LogP contribution is 2.36. The van der Waals surface area contributed by atoms with Crippen molar-refractivity contribution in [3.05, 3.63) is 56.1 Å². The first-order chi connectivity index (χ1) is 12.6. The first-order valence-electron chi connectivity index (χ1n) is 7.18. The van der Waals surface area contributed by atoms with E-state index in [1.807, 2.05) is 0 Å². The zero-order valence-corrected chi connectivity index (χ0v) is 14.8. The molecule has 2 heterocycles. The predicted molar refractivity (Wildman–Crippen MR) is 90.9 cm³/mol. The van der Waals surface area contributed by atoms with Gasteiger partial charge in [0.25, 0.3) is 5.56 Å². The van der Waals surface area contributed by atoms with Gasteiger partial charge < -0.3 is 9.26 Å². The third-order valence-electron chi connectivity index (χ3n) is 3.13. The molecule has 0 bridgehead atoms. The molecule has 27 heavy (non-hydrogen) atoms. The highest BCUT2D eigenvalue weighted by molar-refractivity contribution is 6.42. The van der Waals surface area contributed by atoms with Crippen LogP contribution in [0.25, 0.3) is 0 Å². The number of rotatable bonds is 4. The van der Waals surface area contributed by atoms with E-state index < -0.39 is 29.1 Å². The molecule has 0 radical (unpaired) electrons. The topological polar surface area (TPSA) is 93.0 Å². The molecule has 2 aromatic heterocycles. The van der Waals surface area contributed by atoms with Crippen molar-refractivity contribution in [2.45, 2.75) is 13.1 Å². The van der Waals surface area contributed by atoms with E-state index in [1.165, 1.54) is 24.3 Å². The van der Waals surface area contributed by atoms with E-state index in [2.05, 4.69) is 20.4 Å². The Kier molecular flexibility index (Phi) is 5.03. The molecule has 142 valence electrons. The third kappa shape index (κ3) is 4.34. The van der Waals surface area contributed by atoms with Gasteiger partial charge in [-0.05, 0) is 19.1 Å². The standard InChI is InChI=1S/C15H9Cl2F3N4O3/c1-6-4-10(27-24-6)21-14-22-12(15(18,19)20)11(13(25)23-14)26-7-2-3-8(16)9(17)5-7/h2-5H,1H3,(H2,21,22,23,25). The fraction of sp³-hybridized carbons (Fsp3) is 0.133. The molecule has 0 atom stereocenters. The minimum Gasteiger partial charge on any atom is -0.449 e. The maximum Gasteiger partial charge on any atom is 0.437 e. The summed E-state index contributed by atoms with van der Waals surface area (Å²) in [5.74, 6) is -1.65. The fourth-order valence-electron chi connectivity index (χ4n) is 2.01. The number of aromatic nitrogens is 3. The molecule has 0 amide bonds. The zero-order chi connectivity index (χ0) is 19.8. The van der Waals surface area contributed by atoms with Gasteiger partial charge in [0, 0.05) is 12.1 Å². The summed E-state index contributed by atoms with van der Waals surface area (Å²) in [6, 6.07) is 5.16. The van der Waals surface area contributed by atoms with Crippen LogP contribution in [0.15, 0.2) is 33.6 Å². The van der Waals surface area contributed by atoms with E-state index in [9.17, 15) is 18.0 Å². The molecule has 12 heteroatoms. The maximum atomic E-state index is 13.4. The largest absolute Gasteiger partial charge is 0.449 e. The normalized spacial score (nSPS) is 11.5. The van der Waals surface area contributed by atoms with Crippen LogP contribution in [-0.2, 0) is 6.18 Å². The van der Waals surface area contributed by atoms with Crippen molar-refractivity contribution in [2.75, 3.05) is 5.32 Å². The lowest BCUT2D eigenvalue weighted by Crippen LogP contribution is -2.21. The number of H-pyrrole nitrogens is 1. The Morgan fingerprint density at radius 1 is 1.22 bits per heavy atom. The van der Waals surface area contributed by atoms with Crippen molar-refractivity contribution in [3.8, 4) is 11.5 Å². The number of alkyl halides is 3. The van der Waals surface area contributed by atoms with Crippen LogP contribution in [0.5, 0.6) is 11.5 Å². The van der Waals surface area contributed by atoms with E-state index in [4.69, 9.17) is 32.5 Å². The molecule has 0 aliphatic rings. The van der Waals surface area contributed by atoms with Gasteiger partial charge in [-0.15, -0.1) is 0 Å². The lowest BCUT2D eigenvalue weighted by atomic mass is 10.3. The Balaban J connectivity index is 2.02. The number of nitrogens with zero attached hydrogens (tertiary/aromatic N) is 2. The quantitative estimate of drug-likeness (QED) is 0.621. The van der Waals surface area contributed by atoms with Gasteiger partial charge in [-0.3, -0.25) is 15.1 Å². The van der Waals surface area contributed by atoms with Crippen molar-refractivity contribution < 1.29 is 22.4 Å². The molecular weight excluding hydrogens is 412 g/mol. The second-order valence-electron chi connectivity index (χ2n) is 5.23. The SMILES string of the molecule is Cc1cc(Nc2nc(C(F)(F)F)c(Oc3ccc(Cl)c(Cl)c3)c(=O)[nH]2)on1. The molecule has 3 rings (SSSR count). The summed E-state index contributed by atoms with van der Waals surface area (Å²) in [6.45, 7) is 1.61. The molecule has 2 N–H and O–H groups in total. The second kappa shape index (κ2) is 7.12. The van der Waals surface area contributed by atoms with Crippen molar-refractivity contribution in [2.24, 2.45) is 0 Å². The minimum atomic E-state index is -4.96. The Morgan fingerprint density at radius 3 is 2.56 bits per heavy atom. The number of hydrogen-bond donors (Lipinski definition) is 2. The van der Waals surface area contributed by atoms with E-state index in [-0.39, 0.29) is 21.7 Å². The number of halogens is 5. The second-order valence-corrected chi connectivity index (χ2v) is 6.04. The summed E-state index contributed by atoms with van der Waals surface area (Å²) in [4.78, 5) is 17.7. The highest BCUT2D eigenvalue weighted by Gasteiger charge is 2.39. The van der Waals surface area contributed by atoms with Crippen LogP contribution in [0.2, 0.25) is 10.0 Å². The van der Waals surface area contributed by atoms with Crippen molar-refractivity contribution in [1.82, 2.24) is 15.1 Å². The number of anilines is 2. The van der Waals surface area contributed by atoms with Gasteiger partial charge in [0.15, 0.2) is 5.69 Å². The van der Waals surface area contributed by atoms with Crippen LogP contribution in [-0.4, -0.2) is 15.1 Å². The molecule has 0 saturated carbocycles. The molecule has 0 fully saturated rings. The zero-order valence-electron chi connectivity index (χ0n) is 13.3. The van der Waals surface area contributed by atoms with Crippen molar-refractivity contribution in [1.29, 1.82) is 0 Å². The smallest absolute Gasteiger partial charge is 0.437 e. The summed E-state index contributed by atoms with van der Waals surface area (Å²) in [6.07, 6.45) is -4.96. The molecule has 1 aromatic carbocycles. The maximum absolute atomic E-state index is 13.4. The summed E-state index contributed by atoms with van der Waals surface area (Å²) in [7, 11) is 0. The molecule has 0 unspecified atom stereocenters. The molecule has 0 spiro atoms.